The Morgan fingerprint density at radius 2 is 2.05 bits per heavy atom. The first kappa shape index (κ1) is 16.7. The third-order valence-corrected chi connectivity index (χ3v) is 4.25. The average Bonchev–Trinajstić information content (AvgIpc) is 2.83. The molecule has 0 aromatic heterocycles. The Bertz CT molecular complexity index is 577. The van der Waals surface area contributed by atoms with Gasteiger partial charge in [0.15, 0.2) is 0 Å². The van der Waals surface area contributed by atoms with Crippen LogP contribution < -0.4 is 0 Å². The zero-order valence-corrected chi connectivity index (χ0v) is 12.7. The highest BCUT2D eigenvalue weighted by molar-refractivity contribution is 8.00. The number of alkyl halides is 3. The third kappa shape index (κ3) is 3.94. The fourth-order valence-corrected chi connectivity index (χ4v) is 3.01. The lowest BCUT2D eigenvalue weighted by atomic mass is 10.1. The van der Waals surface area contributed by atoms with Crippen LogP contribution in [0.1, 0.15) is 11.1 Å². The zero-order chi connectivity index (χ0) is 16.3. The monoisotopic (exact) mass is 332 g/mol. The first-order valence-electron chi connectivity index (χ1n) is 6.53. The first-order chi connectivity index (χ1) is 10.3. The maximum Gasteiger partial charge on any atom is 0.416 e. The van der Waals surface area contributed by atoms with Crippen LogP contribution in [0.5, 0.6) is 0 Å². The minimum Gasteiger partial charge on any atom is -0.340 e. The molecule has 1 saturated heterocycles. The highest BCUT2D eigenvalue weighted by Gasteiger charge is 2.33. The normalized spacial score (nSPS) is 15.3. The molecule has 8 heteroatoms. The summed E-state index contributed by atoms with van der Waals surface area (Å²) in [6, 6.07) is 5.16. The molecule has 0 atom stereocenters. The maximum atomic E-state index is 12.9. The van der Waals surface area contributed by atoms with Gasteiger partial charge in [-0.2, -0.15) is 13.2 Å². The van der Waals surface area contributed by atoms with Gasteiger partial charge in [0.05, 0.1) is 17.2 Å². The van der Waals surface area contributed by atoms with Crippen LogP contribution in [0.3, 0.4) is 0 Å². The van der Waals surface area contributed by atoms with Crippen LogP contribution in [0, 0.1) is 0 Å². The molecule has 1 aromatic carbocycles. The van der Waals surface area contributed by atoms with Crippen LogP contribution in [0.25, 0.3) is 0 Å². The summed E-state index contributed by atoms with van der Waals surface area (Å²) in [6.45, 7) is -0.250. The predicted molar refractivity (Wildman–Crippen MR) is 77.0 cm³/mol. The zero-order valence-electron chi connectivity index (χ0n) is 11.9. The van der Waals surface area contributed by atoms with Gasteiger partial charge >= 0.3 is 6.18 Å². The minimum absolute atomic E-state index is 0.0352. The Labute approximate surface area is 130 Å². The second kappa shape index (κ2) is 6.60. The molecule has 0 saturated carbocycles. The van der Waals surface area contributed by atoms with Crippen molar-refractivity contribution in [3.8, 4) is 0 Å². The Hall–Kier alpha value is -1.70. The maximum absolute atomic E-state index is 12.9. The van der Waals surface area contributed by atoms with E-state index in [1.54, 1.807) is 0 Å². The van der Waals surface area contributed by atoms with E-state index in [0.29, 0.717) is 11.6 Å². The number of nitrogens with zero attached hydrogens (tertiary/aromatic N) is 2. The van der Waals surface area contributed by atoms with Crippen molar-refractivity contribution in [1.82, 2.24) is 9.80 Å². The molecule has 0 N–H and O–H groups in total. The molecule has 1 aliphatic heterocycles. The number of benzene rings is 1. The molecule has 4 nitrogen and oxygen atoms in total. The van der Waals surface area contributed by atoms with E-state index < -0.39 is 11.7 Å². The van der Waals surface area contributed by atoms with Gasteiger partial charge in [0.25, 0.3) is 0 Å². The lowest BCUT2D eigenvalue weighted by Gasteiger charge is -2.22. The molecule has 22 heavy (non-hydrogen) atoms. The number of rotatable bonds is 4. The van der Waals surface area contributed by atoms with E-state index in [9.17, 15) is 22.8 Å². The smallest absolute Gasteiger partial charge is 0.340 e. The van der Waals surface area contributed by atoms with Crippen LogP contribution >= 0.6 is 11.8 Å². The molecule has 1 fully saturated rings. The summed E-state index contributed by atoms with van der Waals surface area (Å²) in [4.78, 5) is 26.1. The highest BCUT2D eigenvalue weighted by atomic mass is 32.2. The molecule has 1 heterocycles. The van der Waals surface area contributed by atoms with Gasteiger partial charge in [0.2, 0.25) is 11.8 Å². The fraction of sp³-hybridized carbons (Fsp3) is 0.429. The molecule has 2 amide bonds. The predicted octanol–water partition coefficient (Wildman–Crippen LogP) is 2.20. The van der Waals surface area contributed by atoms with Crippen LogP contribution in [0.2, 0.25) is 0 Å². The quantitative estimate of drug-likeness (QED) is 0.849. The summed E-state index contributed by atoms with van der Waals surface area (Å²) in [5.41, 5.74) is -0.713. The topological polar surface area (TPSA) is 40.6 Å². The van der Waals surface area contributed by atoms with Crippen molar-refractivity contribution in [3.63, 3.8) is 0 Å². The SMILES string of the molecule is CN(Cc1ccccc1C(F)(F)F)C(=O)CN1CSCC1=O. The van der Waals surface area contributed by atoms with E-state index in [-0.39, 0.29) is 30.5 Å². The second-order valence-electron chi connectivity index (χ2n) is 4.97. The van der Waals surface area contributed by atoms with Crippen molar-refractivity contribution in [1.29, 1.82) is 0 Å². The number of amides is 2. The lowest BCUT2D eigenvalue weighted by Crippen LogP contribution is -2.39. The van der Waals surface area contributed by atoms with Crippen LogP contribution in [0.4, 0.5) is 13.2 Å². The van der Waals surface area contributed by atoms with Gasteiger partial charge in [-0.05, 0) is 11.6 Å². The second-order valence-corrected chi connectivity index (χ2v) is 5.93. The van der Waals surface area contributed by atoms with E-state index >= 15 is 0 Å². The minimum atomic E-state index is -4.46. The lowest BCUT2D eigenvalue weighted by molar-refractivity contribution is -0.140. The number of carbonyl (C=O) groups is 2. The summed E-state index contributed by atoms with van der Waals surface area (Å²) >= 11 is 1.41. The molecule has 0 aliphatic carbocycles. The van der Waals surface area contributed by atoms with Gasteiger partial charge in [-0.25, -0.2) is 0 Å². The van der Waals surface area contributed by atoms with Crippen molar-refractivity contribution in [2.75, 3.05) is 25.2 Å². The fourth-order valence-electron chi connectivity index (χ4n) is 2.10. The summed E-state index contributed by atoms with van der Waals surface area (Å²) in [7, 11) is 1.43. The van der Waals surface area contributed by atoms with Crippen molar-refractivity contribution in [3.05, 3.63) is 35.4 Å². The molecular weight excluding hydrogens is 317 g/mol. The Kier molecular flexibility index (Phi) is 5.00. The van der Waals surface area contributed by atoms with Crippen LogP contribution in [-0.4, -0.2) is 46.8 Å². The number of likely N-dealkylation sites (N-methyl/N-ethyl adjacent to an activating group) is 1. The summed E-state index contributed by atoms with van der Waals surface area (Å²) in [5, 5.41) is 0. The first-order valence-corrected chi connectivity index (χ1v) is 7.69. The Morgan fingerprint density at radius 1 is 1.36 bits per heavy atom. The van der Waals surface area contributed by atoms with Crippen molar-refractivity contribution >= 4 is 23.6 Å². The summed E-state index contributed by atoms with van der Waals surface area (Å²) in [5.74, 6) is 0.279. The van der Waals surface area contributed by atoms with Crippen LogP contribution in [-0.2, 0) is 22.3 Å². The highest BCUT2D eigenvalue weighted by Crippen LogP contribution is 2.32. The molecule has 2 rings (SSSR count). The van der Waals surface area contributed by atoms with Gasteiger partial charge in [0.1, 0.15) is 6.54 Å². The standard InChI is InChI=1S/C14H15F3N2O2S/c1-18(12(20)7-19-9-22-8-13(19)21)6-10-4-2-3-5-11(10)14(15,16)17/h2-5H,6-9H2,1H3. The van der Waals surface area contributed by atoms with E-state index in [4.69, 9.17) is 0 Å². The summed E-state index contributed by atoms with van der Waals surface area (Å²) < 4.78 is 38.8. The van der Waals surface area contributed by atoms with E-state index in [2.05, 4.69) is 0 Å². The van der Waals surface area contributed by atoms with Gasteiger partial charge in [-0.1, -0.05) is 18.2 Å². The van der Waals surface area contributed by atoms with Crippen LogP contribution in [0.15, 0.2) is 24.3 Å². The van der Waals surface area contributed by atoms with Gasteiger partial charge in [0, 0.05) is 13.6 Å². The third-order valence-electron chi connectivity index (χ3n) is 3.31. The largest absolute Gasteiger partial charge is 0.416 e. The molecular formula is C14H15F3N2O2S. The Morgan fingerprint density at radius 3 is 2.64 bits per heavy atom. The summed E-state index contributed by atoms with van der Waals surface area (Å²) in [6.07, 6.45) is -4.46. The van der Waals surface area contributed by atoms with Gasteiger partial charge in [-0.3, -0.25) is 9.59 Å². The van der Waals surface area contributed by atoms with Gasteiger partial charge in [-0.15, -0.1) is 11.8 Å². The van der Waals surface area contributed by atoms with Crippen molar-refractivity contribution in [2.45, 2.75) is 12.7 Å². The molecule has 0 radical (unpaired) electrons. The molecule has 0 unspecified atom stereocenters. The van der Waals surface area contributed by atoms with Crippen molar-refractivity contribution in [2.24, 2.45) is 0 Å². The van der Waals surface area contributed by atoms with E-state index in [1.807, 2.05) is 0 Å². The van der Waals surface area contributed by atoms with E-state index in [0.717, 1.165) is 6.07 Å². The molecule has 1 aromatic rings. The number of carbonyl (C=O) groups excluding carboxylic acids is 2. The molecule has 0 spiro atoms. The molecule has 0 bridgehead atoms. The van der Waals surface area contributed by atoms with E-state index in [1.165, 1.54) is 46.8 Å². The number of thioether (sulfide) groups is 1. The molecule has 120 valence electrons. The average molecular weight is 332 g/mol. The van der Waals surface area contributed by atoms with Crippen molar-refractivity contribution < 1.29 is 22.8 Å². The Balaban J connectivity index is 2.04. The number of hydrogen-bond acceptors (Lipinski definition) is 3. The van der Waals surface area contributed by atoms with Gasteiger partial charge < -0.3 is 9.80 Å². The number of hydrogen-bond donors (Lipinski definition) is 0. The molecule has 1 aliphatic rings. The number of halogens is 3.